The lowest BCUT2D eigenvalue weighted by molar-refractivity contribution is 0.0527. The lowest BCUT2D eigenvalue weighted by atomic mass is 10.1. The number of aromatic nitrogens is 1. The minimum absolute atomic E-state index is 0.197. The summed E-state index contributed by atoms with van der Waals surface area (Å²) in [6.45, 7) is 2.24. The molecule has 27 heavy (non-hydrogen) atoms. The molecule has 1 aliphatic heterocycles. The van der Waals surface area contributed by atoms with E-state index in [1.165, 1.54) is 6.20 Å². The zero-order valence-electron chi connectivity index (χ0n) is 14.9. The van der Waals surface area contributed by atoms with Crippen molar-refractivity contribution in [2.75, 3.05) is 25.8 Å². The number of esters is 1. The van der Waals surface area contributed by atoms with Gasteiger partial charge in [0, 0.05) is 23.3 Å². The van der Waals surface area contributed by atoms with Crippen LogP contribution in [0.1, 0.15) is 17.3 Å². The summed E-state index contributed by atoms with van der Waals surface area (Å²) >= 11 is 0. The second-order valence-corrected chi connectivity index (χ2v) is 5.82. The van der Waals surface area contributed by atoms with Gasteiger partial charge in [0.2, 0.25) is 6.79 Å². The van der Waals surface area contributed by atoms with E-state index in [4.69, 9.17) is 18.9 Å². The Balaban J connectivity index is 1.85. The number of methoxy groups -OCH3 is 1. The molecular weight excluding hydrogens is 348 g/mol. The van der Waals surface area contributed by atoms with E-state index in [0.29, 0.717) is 34.0 Å². The lowest BCUT2D eigenvalue weighted by Crippen LogP contribution is -2.09. The first-order valence-electron chi connectivity index (χ1n) is 8.50. The van der Waals surface area contributed by atoms with Crippen LogP contribution in [0.25, 0.3) is 10.9 Å². The maximum Gasteiger partial charge on any atom is 0.341 e. The van der Waals surface area contributed by atoms with Crippen LogP contribution >= 0.6 is 0 Å². The summed E-state index contributed by atoms with van der Waals surface area (Å²) in [5.41, 5.74) is 2.34. The van der Waals surface area contributed by atoms with Crippen LogP contribution in [-0.2, 0) is 4.74 Å². The van der Waals surface area contributed by atoms with Crippen molar-refractivity contribution in [1.29, 1.82) is 0 Å². The maximum absolute atomic E-state index is 12.5. The van der Waals surface area contributed by atoms with Crippen molar-refractivity contribution < 1.29 is 23.7 Å². The van der Waals surface area contributed by atoms with Gasteiger partial charge in [-0.3, -0.25) is 4.98 Å². The summed E-state index contributed by atoms with van der Waals surface area (Å²) in [7, 11) is 1.58. The highest BCUT2D eigenvalue weighted by Gasteiger charge is 2.20. The fourth-order valence-electron chi connectivity index (χ4n) is 2.98. The molecule has 138 valence electrons. The van der Waals surface area contributed by atoms with Crippen molar-refractivity contribution in [2.45, 2.75) is 6.92 Å². The van der Waals surface area contributed by atoms with Crippen LogP contribution < -0.4 is 19.5 Å². The summed E-state index contributed by atoms with van der Waals surface area (Å²) < 4.78 is 21.4. The van der Waals surface area contributed by atoms with Crippen molar-refractivity contribution in [2.24, 2.45) is 0 Å². The van der Waals surface area contributed by atoms with Crippen molar-refractivity contribution in [3.8, 4) is 17.2 Å². The molecule has 0 fully saturated rings. The third-order valence-corrected chi connectivity index (χ3v) is 4.22. The first-order chi connectivity index (χ1) is 13.2. The van der Waals surface area contributed by atoms with Gasteiger partial charge in [0.25, 0.3) is 0 Å². The molecule has 0 atom stereocenters. The maximum atomic E-state index is 12.5. The predicted molar refractivity (Wildman–Crippen MR) is 100 cm³/mol. The molecule has 0 saturated heterocycles. The zero-order chi connectivity index (χ0) is 18.8. The number of carbonyl (C=O) groups excluding carboxylic acids is 1. The quantitative estimate of drug-likeness (QED) is 0.686. The molecule has 3 aromatic rings. The van der Waals surface area contributed by atoms with E-state index in [1.807, 2.05) is 36.4 Å². The van der Waals surface area contributed by atoms with Crippen LogP contribution in [-0.4, -0.2) is 31.5 Å². The Bertz CT molecular complexity index is 1020. The summed E-state index contributed by atoms with van der Waals surface area (Å²) in [5.74, 6) is 1.51. The molecule has 7 nitrogen and oxygen atoms in total. The van der Waals surface area contributed by atoms with Gasteiger partial charge < -0.3 is 24.3 Å². The molecule has 2 aromatic carbocycles. The molecule has 0 radical (unpaired) electrons. The van der Waals surface area contributed by atoms with Gasteiger partial charge in [-0.15, -0.1) is 0 Å². The number of anilines is 2. The fraction of sp³-hybridized carbons (Fsp3) is 0.200. The van der Waals surface area contributed by atoms with Gasteiger partial charge in [-0.2, -0.15) is 0 Å². The molecule has 1 aromatic heterocycles. The molecule has 0 unspecified atom stereocenters. The molecule has 0 bridgehead atoms. The Morgan fingerprint density at radius 2 is 2.07 bits per heavy atom. The first-order valence-corrected chi connectivity index (χ1v) is 8.50. The number of pyridine rings is 1. The van der Waals surface area contributed by atoms with Gasteiger partial charge in [0.05, 0.1) is 19.4 Å². The van der Waals surface area contributed by atoms with Crippen LogP contribution in [0.3, 0.4) is 0 Å². The molecule has 1 aliphatic rings. The number of rotatable bonds is 5. The molecule has 0 spiro atoms. The molecular formula is C20H18N2O5. The highest BCUT2D eigenvalue weighted by atomic mass is 16.7. The minimum atomic E-state index is -0.446. The van der Waals surface area contributed by atoms with Crippen LogP contribution in [0, 0.1) is 0 Å². The second kappa shape index (κ2) is 7.03. The van der Waals surface area contributed by atoms with Crippen LogP contribution in [0.15, 0.2) is 42.6 Å². The Hall–Kier alpha value is -3.48. The predicted octanol–water partition coefficient (Wildman–Crippen LogP) is 3.89. The van der Waals surface area contributed by atoms with Gasteiger partial charge >= 0.3 is 5.97 Å². The van der Waals surface area contributed by atoms with Crippen molar-refractivity contribution in [3.05, 3.63) is 48.2 Å². The third-order valence-electron chi connectivity index (χ3n) is 4.22. The van der Waals surface area contributed by atoms with E-state index in [0.717, 1.165) is 11.1 Å². The number of para-hydroxylation sites is 1. The number of benzene rings is 2. The van der Waals surface area contributed by atoms with Gasteiger partial charge in [-0.25, -0.2) is 4.79 Å². The number of fused-ring (bicyclic) bond motifs is 2. The van der Waals surface area contributed by atoms with E-state index in [2.05, 4.69) is 10.3 Å². The number of nitrogens with zero attached hydrogens (tertiary/aromatic N) is 1. The Labute approximate surface area is 155 Å². The highest BCUT2D eigenvalue weighted by Crippen LogP contribution is 2.38. The summed E-state index contributed by atoms with van der Waals surface area (Å²) in [5, 5.41) is 4.05. The Morgan fingerprint density at radius 1 is 1.22 bits per heavy atom. The fourth-order valence-corrected chi connectivity index (χ4v) is 2.98. The molecule has 4 rings (SSSR count). The summed E-state index contributed by atoms with van der Waals surface area (Å²) in [4.78, 5) is 16.9. The number of hydrogen-bond acceptors (Lipinski definition) is 7. The molecule has 2 heterocycles. The first kappa shape index (κ1) is 17.0. The van der Waals surface area contributed by atoms with Crippen molar-refractivity contribution in [1.82, 2.24) is 4.98 Å². The average molecular weight is 366 g/mol. The molecule has 0 aliphatic carbocycles. The minimum Gasteiger partial charge on any atom is -0.494 e. The van der Waals surface area contributed by atoms with E-state index in [1.54, 1.807) is 14.0 Å². The van der Waals surface area contributed by atoms with Gasteiger partial charge in [-0.1, -0.05) is 12.1 Å². The van der Waals surface area contributed by atoms with Crippen molar-refractivity contribution in [3.63, 3.8) is 0 Å². The lowest BCUT2D eigenvalue weighted by Gasteiger charge is -2.15. The molecule has 1 N–H and O–H groups in total. The second-order valence-electron chi connectivity index (χ2n) is 5.82. The normalized spacial score (nSPS) is 12.1. The number of nitrogens with one attached hydrogen (secondary N) is 1. The third kappa shape index (κ3) is 3.08. The monoisotopic (exact) mass is 366 g/mol. The Morgan fingerprint density at radius 3 is 2.89 bits per heavy atom. The smallest absolute Gasteiger partial charge is 0.341 e. The number of ether oxygens (including phenoxy) is 4. The summed E-state index contributed by atoms with van der Waals surface area (Å²) in [6, 6.07) is 11.0. The zero-order valence-corrected chi connectivity index (χ0v) is 14.9. The van der Waals surface area contributed by atoms with Crippen LogP contribution in [0.2, 0.25) is 0 Å². The van der Waals surface area contributed by atoms with Gasteiger partial charge in [0.1, 0.15) is 16.8 Å². The topological polar surface area (TPSA) is 78.9 Å². The van der Waals surface area contributed by atoms with E-state index in [-0.39, 0.29) is 13.4 Å². The van der Waals surface area contributed by atoms with Gasteiger partial charge in [0.15, 0.2) is 11.5 Å². The van der Waals surface area contributed by atoms with Crippen LogP contribution in [0.4, 0.5) is 11.4 Å². The van der Waals surface area contributed by atoms with Gasteiger partial charge in [-0.05, 0) is 25.1 Å². The standard InChI is InChI=1S/C20H18N2O5/c1-3-25-20(23)14-10-21-19-13(5-4-6-16(19)24-2)18(14)22-12-7-8-15-17(9-12)27-11-26-15/h4-10H,3,11H2,1-2H3,(H,21,22). The largest absolute Gasteiger partial charge is 0.494 e. The van der Waals surface area contributed by atoms with E-state index >= 15 is 0 Å². The highest BCUT2D eigenvalue weighted by molar-refractivity contribution is 6.07. The van der Waals surface area contributed by atoms with E-state index < -0.39 is 5.97 Å². The molecule has 0 amide bonds. The van der Waals surface area contributed by atoms with E-state index in [9.17, 15) is 4.79 Å². The average Bonchev–Trinajstić information content (AvgIpc) is 3.15. The summed E-state index contributed by atoms with van der Waals surface area (Å²) in [6.07, 6.45) is 1.50. The van der Waals surface area contributed by atoms with Crippen molar-refractivity contribution >= 4 is 28.2 Å². The molecule has 7 heteroatoms. The SMILES string of the molecule is CCOC(=O)c1cnc2c(OC)cccc2c1Nc1ccc2c(c1)OCO2. The molecule has 0 saturated carbocycles. The number of hydrogen-bond donors (Lipinski definition) is 1. The van der Waals surface area contributed by atoms with Crippen LogP contribution in [0.5, 0.6) is 17.2 Å². The number of carbonyl (C=O) groups is 1. The Kier molecular flexibility index (Phi) is 4.42.